The van der Waals surface area contributed by atoms with E-state index in [0.717, 1.165) is 12.8 Å². The van der Waals surface area contributed by atoms with E-state index in [9.17, 15) is 8.42 Å². The Balaban J connectivity index is 2.08. The van der Waals surface area contributed by atoms with Crippen molar-refractivity contribution < 1.29 is 8.42 Å². The summed E-state index contributed by atoms with van der Waals surface area (Å²) in [4.78, 5) is 0. The number of sulfone groups is 1. The highest BCUT2D eigenvalue weighted by Crippen LogP contribution is 2.47. The summed E-state index contributed by atoms with van der Waals surface area (Å²) in [6, 6.07) is 11.0. The minimum Gasteiger partial charge on any atom is -0.316 e. The molecule has 0 amide bonds. The Hall–Kier alpha value is -0.870. The predicted octanol–water partition coefficient (Wildman–Crippen LogP) is 2.52. The summed E-state index contributed by atoms with van der Waals surface area (Å²) in [5.41, 5.74) is 1.60. The lowest BCUT2D eigenvalue weighted by Gasteiger charge is -2.48. The van der Waals surface area contributed by atoms with Crippen molar-refractivity contribution in [1.82, 2.24) is 5.32 Å². The number of hydrogen-bond donors (Lipinski definition) is 1. The monoisotopic (exact) mass is 295 g/mol. The Morgan fingerprint density at radius 1 is 1.25 bits per heavy atom. The van der Waals surface area contributed by atoms with Gasteiger partial charge in [-0.3, -0.25) is 0 Å². The Morgan fingerprint density at radius 3 is 2.35 bits per heavy atom. The van der Waals surface area contributed by atoms with Crippen LogP contribution in [-0.4, -0.2) is 33.5 Å². The molecule has 1 aliphatic carbocycles. The summed E-state index contributed by atoms with van der Waals surface area (Å²) in [6.07, 6.45) is 6.62. The highest BCUT2D eigenvalue weighted by molar-refractivity contribution is 7.90. The first kappa shape index (κ1) is 15.5. The van der Waals surface area contributed by atoms with E-state index in [4.69, 9.17) is 0 Å². The lowest BCUT2D eigenvalue weighted by molar-refractivity contribution is 0.167. The van der Waals surface area contributed by atoms with Crippen LogP contribution in [0.3, 0.4) is 0 Å². The molecule has 0 bridgehead atoms. The summed E-state index contributed by atoms with van der Waals surface area (Å²) in [7, 11) is -0.860. The average Bonchev–Trinajstić information content (AvgIpc) is 2.35. The van der Waals surface area contributed by atoms with E-state index in [1.165, 1.54) is 31.1 Å². The van der Waals surface area contributed by atoms with Crippen LogP contribution in [0.25, 0.3) is 0 Å². The zero-order chi connectivity index (χ0) is 14.6. The van der Waals surface area contributed by atoms with Gasteiger partial charge in [0.15, 0.2) is 0 Å². The zero-order valence-electron chi connectivity index (χ0n) is 12.4. The predicted molar refractivity (Wildman–Crippen MR) is 83.8 cm³/mol. The fraction of sp³-hybridized carbons (Fsp3) is 0.625. The highest BCUT2D eigenvalue weighted by Gasteiger charge is 2.44. The molecule has 20 heavy (non-hydrogen) atoms. The molecule has 2 rings (SSSR count). The van der Waals surface area contributed by atoms with Gasteiger partial charge in [0.05, 0.1) is 0 Å². The maximum Gasteiger partial charge on any atom is 0.147 e. The number of nitrogens with one attached hydrogen (secondary N) is 1. The molecule has 1 aromatic rings. The van der Waals surface area contributed by atoms with Gasteiger partial charge in [-0.05, 0) is 38.3 Å². The van der Waals surface area contributed by atoms with Gasteiger partial charge in [-0.15, -0.1) is 0 Å². The molecule has 0 saturated heterocycles. The van der Waals surface area contributed by atoms with Gasteiger partial charge >= 0.3 is 0 Å². The van der Waals surface area contributed by atoms with Crippen molar-refractivity contribution >= 4 is 9.84 Å². The molecule has 0 heterocycles. The summed E-state index contributed by atoms with van der Waals surface area (Å²) >= 11 is 0. The Morgan fingerprint density at radius 2 is 1.90 bits per heavy atom. The van der Waals surface area contributed by atoms with Crippen molar-refractivity contribution in [3.8, 4) is 0 Å². The van der Waals surface area contributed by atoms with Crippen LogP contribution in [0.4, 0.5) is 0 Å². The molecule has 3 nitrogen and oxygen atoms in total. The minimum atomic E-state index is -2.85. The van der Waals surface area contributed by atoms with Crippen LogP contribution in [0.2, 0.25) is 0 Å². The fourth-order valence-electron chi connectivity index (χ4n) is 3.41. The Kier molecular flexibility index (Phi) is 4.86. The van der Waals surface area contributed by atoms with Crippen LogP contribution >= 0.6 is 0 Å². The normalized spacial score (nSPS) is 19.3. The van der Waals surface area contributed by atoms with Crippen molar-refractivity contribution in [2.75, 3.05) is 19.1 Å². The van der Waals surface area contributed by atoms with Gasteiger partial charge in [0.25, 0.3) is 0 Å². The maximum atomic E-state index is 11.3. The molecule has 1 unspecified atom stereocenters. The van der Waals surface area contributed by atoms with Crippen molar-refractivity contribution in [3.63, 3.8) is 0 Å². The molecular formula is C16H25NO2S. The van der Waals surface area contributed by atoms with Gasteiger partial charge in [0.2, 0.25) is 0 Å². The van der Waals surface area contributed by atoms with E-state index >= 15 is 0 Å². The van der Waals surface area contributed by atoms with Crippen LogP contribution in [0.5, 0.6) is 0 Å². The molecule has 1 aromatic carbocycles. The first-order valence-corrected chi connectivity index (χ1v) is 9.44. The topological polar surface area (TPSA) is 46.2 Å². The minimum absolute atomic E-state index is 0.202. The summed E-state index contributed by atoms with van der Waals surface area (Å²) in [6.45, 7) is 0. The van der Waals surface area contributed by atoms with Crippen LogP contribution in [0.1, 0.15) is 37.7 Å². The molecule has 1 aliphatic rings. The van der Waals surface area contributed by atoms with Gasteiger partial charge in [0.1, 0.15) is 9.84 Å². The molecule has 1 N–H and O–H groups in total. The third-order valence-electron chi connectivity index (χ3n) is 4.62. The molecule has 0 aliphatic heterocycles. The quantitative estimate of drug-likeness (QED) is 0.841. The van der Waals surface area contributed by atoms with Crippen LogP contribution in [0, 0.1) is 0 Å². The van der Waals surface area contributed by atoms with Gasteiger partial charge < -0.3 is 5.32 Å². The summed E-state index contributed by atoms with van der Waals surface area (Å²) in [5, 5.41) is 3.43. The fourth-order valence-corrected chi connectivity index (χ4v) is 4.10. The molecule has 4 heteroatoms. The van der Waals surface area contributed by atoms with E-state index in [2.05, 4.69) is 29.6 Å². The van der Waals surface area contributed by atoms with Crippen molar-refractivity contribution in [1.29, 1.82) is 0 Å². The molecule has 0 radical (unpaired) electrons. The van der Waals surface area contributed by atoms with Gasteiger partial charge in [-0.2, -0.15) is 0 Å². The molecule has 1 fully saturated rings. The van der Waals surface area contributed by atoms with E-state index in [-0.39, 0.29) is 11.2 Å². The second kappa shape index (κ2) is 6.27. The lowest BCUT2D eigenvalue weighted by Crippen LogP contribution is -2.51. The standard InChI is InChI=1S/C16H25NO2S/c1-17-15(10-6-13-20(2,18)19)16(11-7-12-16)14-8-4-3-5-9-14/h3-5,8-9,15,17H,6-7,10-13H2,1-2H3. The summed E-state index contributed by atoms with van der Waals surface area (Å²) in [5.74, 6) is 0.288. The van der Waals surface area contributed by atoms with E-state index in [0.29, 0.717) is 6.04 Å². The van der Waals surface area contributed by atoms with Gasteiger partial charge in [-0.25, -0.2) is 8.42 Å². The van der Waals surface area contributed by atoms with E-state index in [1.807, 2.05) is 13.1 Å². The first-order valence-electron chi connectivity index (χ1n) is 7.38. The number of hydrogen-bond acceptors (Lipinski definition) is 3. The Bertz CT molecular complexity index is 521. The SMILES string of the molecule is CNC(CCCS(C)(=O)=O)C1(c2ccccc2)CCC1. The molecule has 0 aromatic heterocycles. The molecule has 112 valence electrons. The largest absolute Gasteiger partial charge is 0.316 e. The average molecular weight is 295 g/mol. The lowest BCUT2D eigenvalue weighted by atomic mass is 9.59. The third kappa shape index (κ3) is 3.41. The summed E-state index contributed by atoms with van der Waals surface area (Å²) < 4.78 is 22.6. The molecular weight excluding hydrogens is 270 g/mol. The maximum absolute atomic E-state index is 11.3. The Labute approximate surface area is 122 Å². The van der Waals surface area contributed by atoms with E-state index in [1.54, 1.807) is 0 Å². The number of benzene rings is 1. The number of likely N-dealkylation sites (N-methyl/N-ethyl adjacent to an activating group) is 1. The first-order chi connectivity index (χ1) is 9.48. The molecule has 1 saturated carbocycles. The zero-order valence-corrected chi connectivity index (χ0v) is 13.2. The smallest absolute Gasteiger partial charge is 0.147 e. The van der Waals surface area contributed by atoms with Crippen molar-refractivity contribution in [3.05, 3.63) is 35.9 Å². The van der Waals surface area contributed by atoms with Crippen LogP contribution in [0.15, 0.2) is 30.3 Å². The second-order valence-electron chi connectivity index (χ2n) is 5.99. The van der Waals surface area contributed by atoms with Gasteiger partial charge in [-0.1, -0.05) is 36.8 Å². The van der Waals surface area contributed by atoms with Gasteiger partial charge in [0, 0.05) is 23.5 Å². The second-order valence-corrected chi connectivity index (χ2v) is 8.25. The molecule has 0 spiro atoms. The van der Waals surface area contributed by atoms with E-state index < -0.39 is 9.84 Å². The van der Waals surface area contributed by atoms with Crippen LogP contribution in [-0.2, 0) is 15.3 Å². The third-order valence-corrected chi connectivity index (χ3v) is 5.65. The molecule has 1 atom stereocenters. The number of rotatable bonds is 7. The van der Waals surface area contributed by atoms with Crippen molar-refractivity contribution in [2.24, 2.45) is 0 Å². The van der Waals surface area contributed by atoms with Crippen molar-refractivity contribution in [2.45, 2.75) is 43.6 Å². The van der Waals surface area contributed by atoms with Crippen LogP contribution < -0.4 is 5.32 Å². The highest BCUT2D eigenvalue weighted by atomic mass is 32.2.